The zero-order chi connectivity index (χ0) is 23.7. The van der Waals surface area contributed by atoms with Crippen molar-refractivity contribution in [3.63, 3.8) is 0 Å². The molecule has 2 aromatic carbocycles. The summed E-state index contributed by atoms with van der Waals surface area (Å²) >= 11 is 0. The number of hydrogen-bond donors (Lipinski definition) is 0. The van der Waals surface area contributed by atoms with Crippen LogP contribution in [-0.2, 0) is 39.2 Å². The molecule has 0 spiro atoms. The van der Waals surface area contributed by atoms with Crippen molar-refractivity contribution in [2.45, 2.75) is 51.0 Å². The summed E-state index contributed by atoms with van der Waals surface area (Å²) in [6.45, 7) is 2.01. The molecular weight excluding hydrogens is 426 g/mol. The smallest absolute Gasteiger partial charge is 0.310 e. The Bertz CT molecular complexity index is 1270. The molecule has 0 radical (unpaired) electrons. The molecular formula is C29H27NO4. The highest BCUT2D eigenvalue weighted by atomic mass is 16.5. The number of nitrogens with zero attached hydrogens (tertiary/aromatic N) is 1. The quantitative estimate of drug-likeness (QED) is 0.413. The van der Waals surface area contributed by atoms with Crippen molar-refractivity contribution < 1.29 is 19.1 Å². The van der Waals surface area contributed by atoms with Crippen molar-refractivity contribution in [2.75, 3.05) is 0 Å². The first-order chi connectivity index (χ1) is 16.5. The highest BCUT2D eigenvalue weighted by Gasteiger charge is 2.51. The molecule has 1 fully saturated rings. The van der Waals surface area contributed by atoms with Crippen LogP contribution < -0.4 is 0 Å². The standard InChI is InChI=1S/C29H27NO4/c1-19-21(8-5-13-30-19)15-27(32)22-9-10-25-23(14-22)18-34-28(33)26-16-24(31)11-12-29(25,26)17-20-6-3-2-4-7-20/h2-10,13-14,26H,11-12,15-18H2,1H3/t26-,29-/m1/s1. The molecule has 1 aliphatic carbocycles. The lowest BCUT2D eigenvalue weighted by molar-refractivity contribution is -0.155. The first kappa shape index (κ1) is 22.2. The summed E-state index contributed by atoms with van der Waals surface area (Å²) in [7, 11) is 0. The molecule has 5 nitrogen and oxygen atoms in total. The van der Waals surface area contributed by atoms with E-state index in [1.807, 2.05) is 55.5 Å². The van der Waals surface area contributed by atoms with Crippen molar-refractivity contribution in [3.8, 4) is 0 Å². The molecule has 172 valence electrons. The molecule has 2 aliphatic rings. The summed E-state index contributed by atoms with van der Waals surface area (Å²) < 4.78 is 5.67. The number of cyclic esters (lactones) is 1. The predicted octanol–water partition coefficient (Wildman–Crippen LogP) is 4.72. The van der Waals surface area contributed by atoms with Crippen molar-refractivity contribution in [3.05, 3.63) is 100 Å². The Labute approximate surface area is 199 Å². The van der Waals surface area contributed by atoms with Crippen LogP contribution in [0.2, 0.25) is 0 Å². The Morgan fingerprint density at radius 2 is 1.91 bits per heavy atom. The maximum absolute atomic E-state index is 13.1. The van der Waals surface area contributed by atoms with Crippen molar-refractivity contribution in [1.29, 1.82) is 0 Å². The van der Waals surface area contributed by atoms with E-state index in [0.29, 0.717) is 24.8 Å². The zero-order valence-corrected chi connectivity index (χ0v) is 19.3. The molecule has 2 atom stereocenters. The van der Waals surface area contributed by atoms with Crippen LogP contribution in [0.3, 0.4) is 0 Å². The summed E-state index contributed by atoms with van der Waals surface area (Å²) in [5.41, 5.74) is 4.81. The van der Waals surface area contributed by atoms with Crippen molar-refractivity contribution in [1.82, 2.24) is 4.98 Å². The number of carbonyl (C=O) groups excluding carboxylic acids is 3. The van der Waals surface area contributed by atoms with E-state index in [9.17, 15) is 14.4 Å². The third-order valence-corrected chi connectivity index (χ3v) is 7.40. The van der Waals surface area contributed by atoms with Gasteiger partial charge >= 0.3 is 5.97 Å². The number of benzene rings is 2. The number of hydrogen-bond acceptors (Lipinski definition) is 5. The van der Waals surface area contributed by atoms with E-state index in [0.717, 1.165) is 27.9 Å². The average molecular weight is 454 g/mol. The molecule has 2 heterocycles. The number of ether oxygens (including phenoxy) is 1. The summed E-state index contributed by atoms with van der Waals surface area (Å²) in [6, 6.07) is 19.6. The Morgan fingerprint density at radius 1 is 1.09 bits per heavy atom. The van der Waals surface area contributed by atoms with E-state index in [2.05, 4.69) is 17.1 Å². The second-order valence-electron chi connectivity index (χ2n) is 9.44. The molecule has 5 rings (SSSR count). The molecule has 3 aromatic rings. The maximum atomic E-state index is 13.1. The fraction of sp³-hybridized carbons (Fsp3) is 0.310. The van der Waals surface area contributed by atoms with E-state index >= 15 is 0 Å². The topological polar surface area (TPSA) is 73.3 Å². The van der Waals surface area contributed by atoms with Gasteiger partial charge in [0.05, 0.1) is 5.92 Å². The summed E-state index contributed by atoms with van der Waals surface area (Å²) in [5.74, 6) is -0.733. The van der Waals surface area contributed by atoms with E-state index < -0.39 is 11.3 Å². The maximum Gasteiger partial charge on any atom is 0.310 e. The van der Waals surface area contributed by atoms with E-state index in [4.69, 9.17) is 4.74 Å². The molecule has 0 amide bonds. The second-order valence-corrected chi connectivity index (χ2v) is 9.44. The minimum absolute atomic E-state index is 0.00181. The molecule has 5 heteroatoms. The number of fused-ring (bicyclic) bond motifs is 3. The number of rotatable bonds is 5. The number of esters is 1. The van der Waals surface area contributed by atoms with Crippen LogP contribution in [0.15, 0.2) is 66.9 Å². The van der Waals surface area contributed by atoms with E-state index in [-0.39, 0.29) is 37.0 Å². The highest BCUT2D eigenvalue weighted by molar-refractivity contribution is 5.98. The van der Waals surface area contributed by atoms with Gasteiger partial charge in [-0.25, -0.2) is 0 Å². The number of Topliss-reactive ketones (excluding diaryl/α,β-unsaturated/α-hetero) is 2. The minimum atomic E-state index is -0.528. The normalized spacial score (nSPS) is 21.7. The third kappa shape index (κ3) is 4.07. The van der Waals surface area contributed by atoms with Gasteiger partial charge in [-0.15, -0.1) is 0 Å². The van der Waals surface area contributed by atoms with Gasteiger partial charge in [-0.2, -0.15) is 0 Å². The second kappa shape index (κ2) is 8.98. The lowest BCUT2D eigenvalue weighted by Gasteiger charge is -2.42. The highest BCUT2D eigenvalue weighted by Crippen LogP contribution is 2.49. The molecule has 1 saturated carbocycles. The Balaban J connectivity index is 1.55. The zero-order valence-electron chi connectivity index (χ0n) is 19.3. The number of aryl methyl sites for hydroxylation is 1. The lowest BCUT2D eigenvalue weighted by Crippen LogP contribution is -2.46. The molecule has 1 aliphatic heterocycles. The summed E-state index contributed by atoms with van der Waals surface area (Å²) in [4.78, 5) is 42.9. The lowest BCUT2D eigenvalue weighted by atomic mass is 9.59. The minimum Gasteiger partial charge on any atom is -0.461 e. The molecule has 0 saturated heterocycles. The van der Waals surface area contributed by atoms with Gasteiger partial charge in [-0.3, -0.25) is 19.4 Å². The summed E-state index contributed by atoms with van der Waals surface area (Å²) in [5, 5.41) is 0. The van der Waals surface area contributed by atoms with Crippen LogP contribution in [0.1, 0.15) is 57.6 Å². The van der Waals surface area contributed by atoms with Gasteiger partial charge in [0, 0.05) is 42.1 Å². The number of pyridine rings is 1. The van der Waals surface area contributed by atoms with Crippen LogP contribution in [0.4, 0.5) is 0 Å². The van der Waals surface area contributed by atoms with Crippen LogP contribution in [0, 0.1) is 12.8 Å². The van der Waals surface area contributed by atoms with Crippen LogP contribution in [0.5, 0.6) is 0 Å². The van der Waals surface area contributed by atoms with E-state index in [1.165, 1.54) is 0 Å². The number of aromatic nitrogens is 1. The van der Waals surface area contributed by atoms with Gasteiger partial charge in [-0.05, 0) is 54.2 Å². The Hall–Kier alpha value is -3.60. The largest absolute Gasteiger partial charge is 0.461 e. The van der Waals surface area contributed by atoms with Crippen LogP contribution >= 0.6 is 0 Å². The fourth-order valence-electron chi connectivity index (χ4n) is 5.56. The average Bonchev–Trinajstić information content (AvgIpc) is 2.96. The fourth-order valence-corrected chi connectivity index (χ4v) is 5.56. The number of ketones is 2. The van der Waals surface area contributed by atoms with Crippen LogP contribution in [-0.4, -0.2) is 22.5 Å². The van der Waals surface area contributed by atoms with Gasteiger partial charge in [0.1, 0.15) is 12.4 Å². The first-order valence-corrected chi connectivity index (χ1v) is 11.8. The third-order valence-electron chi connectivity index (χ3n) is 7.40. The van der Waals surface area contributed by atoms with Gasteiger partial charge < -0.3 is 4.74 Å². The predicted molar refractivity (Wildman–Crippen MR) is 127 cm³/mol. The molecule has 0 N–H and O–H groups in total. The van der Waals surface area contributed by atoms with Crippen LogP contribution in [0.25, 0.3) is 0 Å². The number of carbonyl (C=O) groups is 3. The van der Waals surface area contributed by atoms with Gasteiger partial charge in [0.2, 0.25) is 0 Å². The molecule has 1 aromatic heterocycles. The van der Waals surface area contributed by atoms with Crippen molar-refractivity contribution in [2.24, 2.45) is 5.92 Å². The SMILES string of the molecule is Cc1ncccc1CC(=O)c1ccc2c(c1)COC(=O)[C@H]1CC(=O)CC[C@@]21Cc1ccccc1. The molecule has 0 bridgehead atoms. The molecule has 34 heavy (non-hydrogen) atoms. The monoisotopic (exact) mass is 453 g/mol. The Morgan fingerprint density at radius 3 is 2.71 bits per heavy atom. The van der Waals surface area contributed by atoms with Gasteiger partial charge in [0.25, 0.3) is 0 Å². The summed E-state index contributed by atoms with van der Waals surface area (Å²) in [6.07, 6.45) is 3.87. The first-order valence-electron chi connectivity index (χ1n) is 11.8. The van der Waals surface area contributed by atoms with E-state index in [1.54, 1.807) is 6.20 Å². The van der Waals surface area contributed by atoms with Crippen molar-refractivity contribution >= 4 is 17.5 Å². The molecule has 0 unspecified atom stereocenters. The Kier molecular flexibility index (Phi) is 5.86. The van der Waals surface area contributed by atoms with Gasteiger partial charge in [0.15, 0.2) is 5.78 Å². The van der Waals surface area contributed by atoms with Gasteiger partial charge in [-0.1, -0.05) is 48.5 Å².